The van der Waals surface area contributed by atoms with Crippen LogP contribution >= 0.6 is 11.6 Å². The predicted molar refractivity (Wildman–Crippen MR) is 153 cm³/mol. The molecule has 0 saturated carbocycles. The highest BCUT2D eigenvalue weighted by Crippen LogP contribution is 2.47. The first-order chi connectivity index (χ1) is 19.6. The average molecular weight is 588 g/mol. The summed E-state index contributed by atoms with van der Waals surface area (Å²) in [6, 6.07) is 3.36. The highest BCUT2D eigenvalue weighted by Gasteiger charge is 2.43. The largest absolute Gasteiger partial charge is 0.507 e. The fourth-order valence-corrected chi connectivity index (χ4v) is 6.00. The van der Waals surface area contributed by atoms with Crippen molar-refractivity contribution in [1.29, 1.82) is 0 Å². The number of nitrogens with zero attached hydrogens (tertiary/aromatic N) is 5. The zero-order valence-corrected chi connectivity index (χ0v) is 24.2. The van der Waals surface area contributed by atoms with E-state index in [-0.39, 0.29) is 70.5 Å². The van der Waals surface area contributed by atoms with E-state index in [2.05, 4.69) is 6.58 Å². The van der Waals surface area contributed by atoms with Crippen molar-refractivity contribution in [3.05, 3.63) is 47.3 Å². The molecule has 41 heavy (non-hydrogen) atoms. The number of aromatic nitrogens is 1. The number of hydrogen-bond donors (Lipinski definition) is 1. The normalized spacial score (nSPS) is 22.3. The molecule has 0 radical (unpaired) electrons. The lowest BCUT2D eigenvalue weighted by molar-refractivity contribution is -0.128. The number of likely N-dealkylation sites (N-methyl/N-ethyl adjacent to an activating group) is 1. The number of pyridine rings is 1. The number of phenolic OH excluding ortho intramolecular Hbond substituents is 1. The van der Waals surface area contributed by atoms with Crippen LogP contribution in [-0.2, 0) is 9.53 Å². The molecule has 3 aliphatic heterocycles. The van der Waals surface area contributed by atoms with Crippen LogP contribution < -0.4 is 9.64 Å². The monoisotopic (exact) mass is 587 g/mol. The molecule has 10 nitrogen and oxygen atoms in total. The number of phenols is 1. The number of halogens is 2. The number of aromatic hydroxyl groups is 1. The molecule has 12 heteroatoms. The van der Waals surface area contributed by atoms with E-state index in [1.165, 1.54) is 24.3 Å². The van der Waals surface area contributed by atoms with Crippen molar-refractivity contribution in [2.45, 2.75) is 31.5 Å². The van der Waals surface area contributed by atoms with Gasteiger partial charge in [-0.3, -0.25) is 9.59 Å². The molecular formula is C29H35ClFN5O5. The van der Waals surface area contributed by atoms with Gasteiger partial charge in [0.05, 0.1) is 30.4 Å². The number of piperazine rings is 1. The van der Waals surface area contributed by atoms with Gasteiger partial charge in [-0.05, 0) is 45.6 Å². The molecule has 2 aromatic rings. The molecule has 2 fully saturated rings. The van der Waals surface area contributed by atoms with Crippen LogP contribution in [0.2, 0.25) is 5.02 Å². The maximum atomic E-state index is 15.1. The molecule has 1 unspecified atom stereocenters. The van der Waals surface area contributed by atoms with Crippen LogP contribution in [0.5, 0.6) is 11.5 Å². The topological polar surface area (TPSA) is 98.7 Å². The van der Waals surface area contributed by atoms with Crippen LogP contribution in [-0.4, -0.2) is 115 Å². The van der Waals surface area contributed by atoms with Gasteiger partial charge in [0.25, 0.3) is 5.91 Å². The van der Waals surface area contributed by atoms with Crippen molar-refractivity contribution < 1.29 is 28.6 Å². The van der Waals surface area contributed by atoms with Crippen LogP contribution in [0.25, 0.3) is 11.3 Å². The Morgan fingerprint density at radius 2 is 2.07 bits per heavy atom. The van der Waals surface area contributed by atoms with E-state index >= 15 is 4.39 Å². The molecule has 0 bridgehead atoms. The summed E-state index contributed by atoms with van der Waals surface area (Å²) in [6.07, 6.45) is 1.84. The second-order valence-electron chi connectivity index (χ2n) is 10.8. The van der Waals surface area contributed by atoms with Gasteiger partial charge in [-0.2, -0.15) is 0 Å². The Morgan fingerprint density at radius 1 is 1.29 bits per heavy atom. The molecule has 1 N–H and O–H groups in total. The number of ether oxygens (including phenoxy) is 2. The fraction of sp³-hybridized carbons (Fsp3) is 0.483. The Labute approximate surface area is 243 Å². The van der Waals surface area contributed by atoms with E-state index in [0.29, 0.717) is 38.5 Å². The number of benzene rings is 1. The number of anilines is 1. The van der Waals surface area contributed by atoms with Crippen molar-refractivity contribution in [1.82, 2.24) is 19.7 Å². The van der Waals surface area contributed by atoms with E-state index < -0.39 is 11.9 Å². The minimum absolute atomic E-state index is 0.0173. The Bertz CT molecular complexity index is 1340. The molecule has 3 aliphatic rings. The van der Waals surface area contributed by atoms with E-state index in [0.717, 1.165) is 6.54 Å². The van der Waals surface area contributed by atoms with Crippen LogP contribution in [0.1, 0.15) is 23.7 Å². The van der Waals surface area contributed by atoms with Gasteiger partial charge >= 0.3 is 0 Å². The number of carbonyl (C=O) groups excluding carboxylic acids is 2. The third kappa shape index (κ3) is 5.45. The van der Waals surface area contributed by atoms with Crippen molar-refractivity contribution in [3.63, 3.8) is 0 Å². The predicted octanol–water partition coefficient (Wildman–Crippen LogP) is 3.02. The van der Waals surface area contributed by atoms with Gasteiger partial charge in [0.15, 0.2) is 5.75 Å². The Balaban J connectivity index is 1.59. The van der Waals surface area contributed by atoms with Crippen molar-refractivity contribution in [2.24, 2.45) is 0 Å². The molecule has 0 aliphatic carbocycles. The number of hydrogen-bond acceptors (Lipinski definition) is 8. The molecule has 2 amide bonds. The molecule has 2 saturated heterocycles. The Morgan fingerprint density at radius 3 is 2.78 bits per heavy atom. The first kappa shape index (κ1) is 29.1. The van der Waals surface area contributed by atoms with E-state index in [9.17, 15) is 14.7 Å². The molecule has 4 heterocycles. The molecule has 1 aromatic heterocycles. The van der Waals surface area contributed by atoms with Gasteiger partial charge in [0.1, 0.15) is 40.3 Å². The summed E-state index contributed by atoms with van der Waals surface area (Å²) in [5.41, 5.74) is -0.00866. The molecule has 0 spiro atoms. The minimum atomic E-state index is -0.708. The van der Waals surface area contributed by atoms with Gasteiger partial charge in [-0.15, -0.1) is 0 Å². The van der Waals surface area contributed by atoms with Crippen LogP contribution in [0.15, 0.2) is 30.9 Å². The Hall–Kier alpha value is -3.41. The SMILES string of the molecule is C=CC(=O)N1CCN2C(=O)c3c(N4CCC(OCCN(C)C)[C@@H]4C)nc(-c4c(O)cccc4F)c(Cl)c3OC[C@H]2C1. The summed E-state index contributed by atoms with van der Waals surface area (Å²) < 4.78 is 27.5. The van der Waals surface area contributed by atoms with Crippen LogP contribution in [0.3, 0.4) is 0 Å². The molecule has 220 valence electrons. The highest BCUT2D eigenvalue weighted by atomic mass is 35.5. The number of fused-ring (bicyclic) bond motifs is 2. The van der Waals surface area contributed by atoms with E-state index in [1.807, 2.05) is 30.8 Å². The molecular weight excluding hydrogens is 553 g/mol. The first-order valence-corrected chi connectivity index (χ1v) is 14.1. The number of amides is 2. The lowest BCUT2D eigenvalue weighted by atomic mass is 10.0. The number of rotatable bonds is 7. The van der Waals surface area contributed by atoms with Gasteiger partial charge in [0.2, 0.25) is 5.91 Å². The summed E-state index contributed by atoms with van der Waals surface area (Å²) >= 11 is 6.82. The summed E-state index contributed by atoms with van der Waals surface area (Å²) in [7, 11) is 3.96. The smallest absolute Gasteiger partial charge is 0.261 e. The standard InChI is InChI=1S/C29H35ClFN5O5/c1-5-22(38)34-11-12-36-18(15-34)16-41-27-24(29(36)39)28(35-10-9-21(17(35)2)40-14-13-33(3)4)32-26(25(27)30)23-19(31)7-6-8-20(23)37/h5-8,17-18,21,37H,1,9-16H2,2-4H3/t17-,18+,21?/m0/s1. The minimum Gasteiger partial charge on any atom is -0.507 e. The summed E-state index contributed by atoms with van der Waals surface area (Å²) in [5, 5.41) is 10.5. The van der Waals surface area contributed by atoms with E-state index in [1.54, 1.807) is 9.80 Å². The fourth-order valence-electron chi connectivity index (χ4n) is 5.72. The Kier molecular flexibility index (Phi) is 8.40. The molecule has 5 rings (SSSR count). The zero-order valence-electron chi connectivity index (χ0n) is 23.5. The van der Waals surface area contributed by atoms with Gasteiger partial charge in [-0.1, -0.05) is 24.2 Å². The van der Waals surface area contributed by atoms with Gasteiger partial charge in [-0.25, -0.2) is 9.37 Å². The average Bonchev–Trinajstić information content (AvgIpc) is 3.23. The lowest BCUT2D eigenvalue weighted by Gasteiger charge is -2.39. The summed E-state index contributed by atoms with van der Waals surface area (Å²) in [5.74, 6) is -1.21. The first-order valence-electron chi connectivity index (χ1n) is 13.7. The molecule has 3 atom stereocenters. The third-order valence-corrected chi connectivity index (χ3v) is 8.35. The van der Waals surface area contributed by atoms with Crippen molar-refractivity contribution in [3.8, 4) is 22.8 Å². The lowest BCUT2D eigenvalue weighted by Crippen LogP contribution is -2.57. The van der Waals surface area contributed by atoms with E-state index in [4.69, 9.17) is 26.1 Å². The second-order valence-corrected chi connectivity index (χ2v) is 11.2. The highest BCUT2D eigenvalue weighted by molar-refractivity contribution is 6.35. The third-order valence-electron chi connectivity index (χ3n) is 7.99. The van der Waals surface area contributed by atoms with Crippen LogP contribution in [0.4, 0.5) is 10.2 Å². The quantitative estimate of drug-likeness (QED) is 0.494. The van der Waals surface area contributed by atoms with Gasteiger partial charge in [0, 0.05) is 32.7 Å². The summed E-state index contributed by atoms with van der Waals surface area (Å²) in [6.45, 7) is 8.41. The second kappa shape index (κ2) is 11.8. The van der Waals surface area contributed by atoms with Crippen molar-refractivity contribution >= 4 is 29.2 Å². The summed E-state index contributed by atoms with van der Waals surface area (Å²) in [4.78, 5) is 38.6. The maximum absolute atomic E-state index is 15.1. The zero-order chi connectivity index (χ0) is 29.4. The van der Waals surface area contributed by atoms with Gasteiger partial charge < -0.3 is 34.2 Å². The number of carbonyl (C=O) groups is 2. The van der Waals surface area contributed by atoms with Crippen molar-refractivity contribution in [2.75, 3.05) is 64.9 Å². The maximum Gasteiger partial charge on any atom is 0.261 e. The molecule has 1 aromatic carbocycles. The van der Waals surface area contributed by atoms with Crippen LogP contribution in [0, 0.1) is 5.82 Å².